The van der Waals surface area contributed by atoms with Crippen molar-refractivity contribution in [1.29, 1.82) is 0 Å². The number of urea groups is 1. The first-order chi connectivity index (χ1) is 13.0. The van der Waals surface area contributed by atoms with Crippen molar-refractivity contribution < 1.29 is 19.1 Å². The molecule has 2 N–H and O–H groups in total. The molecule has 3 rings (SSSR count). The Morgan fingerprint density at radius 2 is 1.74 bits per heavy atom. The molecule has 0 spiro atoms. The van der Waals surface area contributed by atoms with Gasteiger partial charge in [0.05, 0.1) is 0 Å². The summed E-state index contributed by atoms with van der Waals surface area (Å²) in [5, 5.41) is 5.69. The summed E-state index contributed by atoms with van der Waals surface area (Å²) in [6.45, 7) is 1.71. The van der Waals surface area contributed by atoms with E-state index in [1.54, 1.807) is 6.07 Å². The number of thiophene rings is 1. The molecular formula is C20H18N2O4S. The summed E-state index contributed by atoms with van der Waals surface area (Å²) in [5.74, 6) is -1.28. The monoisotopic (exact) mass is 382 g/mol. The smallest absolute Gasteiger partial charge is 0.349 e. The number of rotatable bonds is 5. The molecule has 7 heteroatoms. The van der Waals surface area contributed by atoms with Crippen LogP contribution in [0.3, 0.4) is 0 Å². The van der Waals surface area contributed by atoms with Gasteiger partial charge in [-0.2, -0.15) is 0 Å². The largest absolute Gasteiger partial charge is 0.448 e. The maximum absolute atomic E-state index is 12.2. The number of amides is 3. The predicted molar refractivity (Wildman–Crippen MR) is 104 cm³/mol. The SMILES string of the molecule is C[C@H](OC(=O)c1cc2ccccc2s1)C(=O)NC(=O)NCc1ccccc1. The van der Waals surface area contributed by atoms with Gasteiger partial charge in [-0.15, -0.1) is 11.3 Å². The summed E-state index contributed by atoms with van der Waals surface area (Å²) >= 11 is 1.29. The van der Waals surface area contributed by atoms with Crippen molar-refractivity contribution in [2.75, 3.05) is 0 Å². The van der Waals surface area contributed by atoms with Crippen molar-refractivity contribution in [2.24, 2.45) is 0 Å². The lowest BCUT2D eigenvalue weighted by atomic mass is 10.2. The Bertz CT molecular complexity index is 935. The van der Waals surface area contributed by atoms with Crippen LogP contribution < -0.4 is 10.6 Å². The Balaban J connectivity index is 1.50. The summed E-state index contributed by atoms with van der Waals surface area (Å²) in [7, 11) is 0. The molecule has 1 heterocycles. The molecule has 0 bridgehead atoms. The van der Waals surface area contributed by atoms with Gasteiger partial charge in [-0.05, 0) is 30.0 Å². The number of carbonyl (C=O) groups excluding carboxylic acids is 3. The standard InChI is InChI=1S/C20H18N2O4S/c1-13(18(23)22-20(25)21-12-14-7-3-2-4-8-14)26-19(24)17-11-15-9-5-6-10-16(15)27-17/h2-11,13H,12H2,1H3,(H2,21,22,23,25)/t13-/m0/s1. The van der Waals surface area contributed by atoms with Gasteiger partial charge < -0.3 is 10.1 Å². The third kappa shape index (κ3) is 4.92. The number of fused-ring (bicyclic) bond motifs is 1. The molecule has 0 fully saturated rings. The van der Waals surface area contributed by atoms with Gasteiger partial charge in [0.1, 0.15) is 4.88 Å². The first kappa shape index (κ1) is 18.6. The topological polar surface area (TPSA) is 84.5 Å². The van der Waals surface area contributed by atoms with Crippen molar-refractivity contribution in [3.8, 4) is 0 Å². The van der Waals surface area contributed by atoms with Crippen LogP contribution >= 0.6 is 11.3 Å². The summed E-state index contributed by atoms with van der Waals surface area (Å²) in [6, 6.07) is 18.0. The van der Waals surface area contributed by atoms with Crippen LogP contribution in [-0.2, 0) is 16.1 Å². The average molecular weight is 382 g/mol. The Kier molecular flexibility index (Phi) is 5.83. The lowest BCUT2D eigenvalue weighted by molar-refractivity contribution is -0.127. The molecule has 0 aliphatic carbocycles. The van der Waals surface area contributed by atoms with Crippen LogP contribution in [0.2, 0.25) is 0 Å². The number of hydrogen-bond acceptors (Lipinski definition) is 5. The minimum Gasteiger partial charge on any atom is -0.448 e. The first-order valence-electron chi connectivity index (χ1n) is 8.35. The van der Waals surface area contributed by atoms with Crippen LogP contribution in [-0.4, -0.2) is 24.0 Å². The Labute approximate surface area is 160 Å². The zero-order valence-corrected chi connectivity index (χ0v) is 15.4. The van der Waals surface area contributed by atoms with E-state index in [2.05, 4.69) is 10.6 Å². The maximum Gasteiger partial charge on any atom is 0.349 e. The summed E-state index contributed by atoms with van der Waals surface area (Å²) < 4.78 is 6.13. The van der Waals surface area contributed by atoms with E-state index in [1.165, 1.54) is 18.3 Å². The molecule has 0 saturated heterocycles. The third-order valence-electron chi connectivity index (χ3n) is 3.81. The van der Waals surface area contributed by atoms with Gasteiger partial charge in [-0.25, -0.2) is 9.59 Å². The van der Waals surface area contributed by atoms with E-state index in [9.17, 15) is 14.4 Å². The Morgan fingerprint density at radius 3 is 2.48 bits per heavy atom. The fraction of sp³-hybridized carbons (Fsp3) is 0.150. The number of imide groups is 1. The summed E-state index contributed by atoms with van der Waals surface area (Å²) in [6.07, 6.45) is -1.09. The third-order valence-corrected chi connectivity index (χ3v) is 4.91. The van der Waals surface area contributed by atoms with Gasteiger partial charge >= 0.3 is 12.0 Å². The van der Waals surface area contributed by atoms with Crippen LogP contribution in [0.25, 0.3) is 10.1 Å². The number of esters is 1. The second kappa shape index (κ2) is 8.46. The quantitative estimate of drug-likeness (QED) is 0.662. The van der Waals surface area contributed by atoms with Crippen molar-refractivity contribution in [3.05, 3.63) is 71.1 Å². The van der Waals surface area contributed by atoms with E-state index < -0.39 is 24.0 Å². The minimum absolute atomic E-state index is 0.288. The molecule has 3 amide bonds. The van der Waals surface area contributed by atoms with Gasteiger partial charge in [-0.1, -0.05) is 48.5 Å². The fourth-order valence-corrected chi connectivity index (χ4v) is 3.34. The number of hydrogen-bond donors (Lipinski definition) is 2. The second-order valence-electron chi connectivity index (χ2n) is 5.85. The van der Waals surface area contributed by atoms with Crippen LogP contribution in [0.5, 0.6) is 0 Å². The zero-order chi connectivity index (χ0) is 19.2. The highest BCUT2D eigenvalue weighted by molar-refractivity contribution is 7.20. The van der Waals surface area contributed by atoms with Crippen LogP contribution in [0.4, 0.5) is 4.79 Å². The van der Waals surface area contributed by atoms with Gasteiger partial charge in [0, 0.05) is 11.2 Å². The lowest BCUT2D eigenvalue weighted by Gasteiger charge is -2.12. The highest BCUT2D eigenvalue weighted by atomic mass is 32.1. The lowest BCUT2D eigenvalue weighted by Crippen LogP contribution is -2.44. The molecule has 3 aromatic rings. The average Bonchev–Trinajstić information content (AvgIpc) is 3.11. The molecule has 0 radical (unpaired) electrons. The fourth-order valence-electron chi connectivity index (χ4n) is 2.39. The number of ether oxygens (including phenoxy) is 1. The number of nitrogens with one attached hydrogen (secondary N) is 2. The van der Waals surface area contributed by atoms with Gasteiger partial charge in [0.15, 0.2) is 6.10 Å². The van der Waals surface area contributed by atoms with E-state index in [1.807, 2.05) is 54.6 Å². The molecule has 2 aromatic carbocycles. The van der Waals surface area contributed by atoms with E-state index in [0.29, 0.717) is 4.88 Å². The Morgan fingerprint density at radius 1 is 1.04 bits per heavy atom. The van der Waals surface area contributed by atoms with Crippen molar-refractivity contribution in [1.82, 2.24) is 10.6 Å². The highest BCUT2D eigenvalue weighted by Gasteiger charge is 2.22. The molecule has 138 valence electrons. The molecule has 6 nitrogen and oxygen atoms in total. The number of carbonyl (C=O) groups is 3. The summed E-state index contributed by atoms with van der Waals surface area (Å²) in [5.41, 5.74) is 0.907. The van der Waals surface area contributed by atoms with Crippen molar-refractivity contribution >= 4 is 39.3 Å². The van der Waals surface area contributed by atoms with E-state index in [4.69, 9.17) is 4.74 Å². The van der Waals surface area contributed by atoms with Crippen LogP contribution in [0, 0.1) is 0 Å². The van der Waals surface area contributed by atoms with Gasteiger partial charge in [0.25, 0.3) is 5.91 Å². The highest BCUT2D eigenvalue weighted by Crippen LogP contribution is 2.26. The molecule has 1 aromatic heterocycles. The maximum atomic E-state index is 12.2. The summed E-state index contributed by atoms with van der Waals surface area (Å²) in [4.78, 5) is 36.5. The van der Waals surface area contributed by atoms with Crippen molar-refractivity contribution in [2.45, 2.75) is 19.6 Å². The molecule has 0 aliphatic rings. The minimum atomic E-state index is -1.09. The van der Waals surface area contributed by atoms with Crippen LogP contribution in [0.15, 0.2) is 60.7 Å². The molecular weight excluding hydrogens is 364 g/mol. The van der Waals surface area contributed by atoms with Crippen molar-refractivity contribution in [3.63, 3.8) is 0 Å². The first-order valence-corrected chi connectivity index (χ1v) is 9.17. The molecule has 27 heavy (non-hydrogen) atoms. The number of benzene rings is 2. The zero-order valence-electron chi connectivity index (χ0n) is 14.6. The Hall–Kier alpha value is -3.19. The molecule has 1 atom stereocenters. The van der Waals surface area contributed by atoms with E-state index in [0.717, 1.165) is 15.6 Å². The predicted octanol–water partition coefficient (Wildman–Crippen LogP) is 3.47. The van der Waals surface area contributed by atoms with Crippen LogP contribution in [0.1, 0.15) is 22.2 Å². The van der Waals surface area contributed by atoms with Gasteiger partial charge in [-0.3, -0.25) is 10.1 Å². The van der Waals surface area contributed by atoms with Gasteiger partial charge in [0.2, 0.25) is 0 Å². The second-order valence-corrected chi connectivity index (χ2v) is 6.94. The molecule has 0 unspecified atom stereocenters. The normalized spacial score (nSPS) is 11.6. The molecule has 0 saturated carbocycles. The van der Waals surface area contributed by atoms with E-state index in [-0.39, 0.29) is 6.54 Å². The molecule has 0 aliphatic heterocycles. The van der Waals surface area contributed by atoms with E-state index >= 15 is 0 Å².